The zero-order valence-corrected chi connectivity index (χ0v) is 13.3. The molecule has 0 aliphatic carbocycles. The minimum atomic E-state index is -1.07. The molecule has 2 aromatic rings. The van der Waals surface area contributed by atoms with Crippen LogP contribution in [0.15, 0.2) is 24.3 Å². The lowest BCUT2D eigenvalue weighted by Crippen LogP contribution is -2.40. The van der Waals surface area contributed by atoms with Gasteiger partial charge in [-0.1, -0.05) is 19.8 Å². The first-order valence-electron chi connectivity index (χ1n) is 7.14. The van der Waals surface area contributed by atoms with Crippen LogP contribution in [0.2, 0.25) is 0 Å². The third-order valence-electron chi connectivity index (χ3n) is 3.38. The molecule has 0 saturated carbocycles. The third-order valence-corrected chi connectivity index (χ3v) is 4.50. The van der Waals surface area contributed by atoms with E-state index in [1.165, 1.54) is 23.5 Å². The van der Waals surface area contributed by atoms with Crippen LogP contribution in [0.5, 0.6) is 0 Å². The van der Waals surface area contributed by atoms with Gasteiger partial charge < -0.3 is 10.4 Å². The van der Waals surface area contributed by atoms with Crippen LogP contribution >= 0.6 is 11.3 Å². The summed E-state index contributed by atoms with van der Waals surface area (Å²) < 4.78 is 0.737. The molecule has 0 aliphatic heterocycles. The number of hydrogen-bond donors (Lipinski definition) is 2. The Hall–Kier alpha value is -2.48. The van der Waals surface area contributed by atoms with Gasteiger partial charge in [-0.15, -0.1) is 11.3 Å². The summed E-state index contributed by atoms with van der Waals surface area (Å²) in [7, 11) is 0. The lowest BCUT2D eigenvalue weighted by molar-refractivity contribution is -0.384. The lowest BCUT2D eigenvalue weighted by atomic mass is 10.1. The minimum absolute atomic E-state index is 0.0476. The standard InChI is InChI=1S/C15H16N2O5S/c1-2-3-4-11(15(19)20)16-14(18)13-8-9-7-10(17(21)22)5-6-12(9)23-13/h5-8,11H,2-4H2,1H3,(H,16,18)(H,19,20). The summed E-state index contributed by atoms with van der Waals surface area (Å²) in [5.41, 5.74) is -0.0476. The second-order valence-electron chi connectivity index (χ2n) is 5.10. The molecule has 0 fully saturated rings. The average Bonchev–Trinajstić information content (AvgIpc) is 2.93. The number of unbranched alkanes of at least 4 members (excludes halogenated alkanes) is 1. The SMILES string of the molecule is CCCCC(NC(=O)c1cc2cc([N+](=O)[O-])ccc2s1)C(=O)O. The zero-order chi connectivity index (χ0) is 17.0. The van der Waals surface area contributed by atoms with Crippen molar-refractivity contribution in [3.63, 3.8) is 0 Å². The maximum atomic E-state index is 12.2. The van der Waals surface area contributed by atoms with Crippen molar-refractivity contribution in [3.05, 3.63) is 39.3 Å². The third kappa shape index (κ3) is 4.04. The molecule has 0 bridgehead atoms. The number of amides is 1. The number of carbonyl (C=O) groups is 2. The van der Waals surface area contributed by atoms with Gasteiger partial charge in [-0.05, 0) is 18.6 Å². The number of nitro groups is 1. The molecule has 1 amide bonds. The summed E-state index contributed by atoms with van der Waals surface area (Å²) in [6.45, 7) is 1.94. The Morgan fingerprint density at radius 1 is 1.39 bits per heavy atom. The van der Waals surface area contributed by atoms with Crippen LogP contribution in [-0.2, 0) is 4.79 Å². The molecule has 122 valence electrons. The predicted molar refractivity (Wildman–Crippen MR) is 86.9 cm³/mol. The molecule has 1 atom stereocenters. The molecule has 1 unspecified atom stereocenters. The molecular formula is C15H16N2O5S. The number of benzene rings is 1. The Kier molecular flexibility index (Phi) is 5.28. The fourth-order valence-electron chi connectivity index (χ4n) is 2.15. The average molecular weight is 336 g/mol. The van der Waals surface area contributed by atoms with E-state index in [1.807, 2.05) is 6.92 Å². The Balaban J connectivity index is 2.20. The van der Waals surface area contributed by atoms with Crippen LogP contribution in [0, 0.1) is 10.1 Å². The van der Waals surface area contributed by atoms with Crippen molar-refractivity contribution in [3.8, 4) is 0 Å². The van der Waals surface area contributed by atoms with Crippen molar-refractivity contribution in [1.29, 1.82) is 0 Å². The van der Waals surface area contributed by atoms with E-state index in [9.17, 15) is 19.7 Å². The molecule has 0 saturated heterocycles. The highest BCUT2D eigenvalue weighted by molar-refractivity contribution is 7.20. The Morgan fingerprint density at radius 3 is 2.74 bits per heavy atom. The largest absolute Gasteiger partial charge is 0.480 e. The zero-order valence-electron chi connectivity index (χ0n) is 12.4. The van der Waals surface area contributed by atoms with E-state index in [1.54, 1.807) is 12.1 Å². The summed E-state index contributed by atoms with van der Waals surface area (Å²) in [6, 6.07) is 4.97. The quantitative estimate of drug-likeness (QED) is 0.596. The van der Waals surface area contributed by atoms with Gasteiger partial charge in [0.2, 0.25) is 0 Å². The number of fused-ring (bicyclic) bond motifs is 1. The summed E-state index contributed by atoms with van der Waals surface area (Å²) in [5, 5.41) is 23.0. The highest BCUT2D eigenvalue weighted by Crippen LogP contribution is 2.29. The van der Waals surface area contributed by atoms with Gasteiger partial charge in [0.05, 0.1) is 9.80 Å². The van der Waals surface area contributed by atoms with Gasteiger partial charge in [-0.25, -0.2) is 4.79 Å². The first-order valence-corrected chi connectivity index (χ1v) is 7.95. The fourth-order valence-corrected chi connectivity index (χ4v) is 3.10. The van der Waals surface area contributed by atoms with E-state index in [0.717, 1.165) is 11.1 Å². The smallest absolute Gasteiger partial charge is 0.326 e. The van der Waals surface area contributed by atoms with Crippen molar-refractivity contribution in [2.45, 2.75) is 32.2 Å². The maximum Gasteiger partial charge on any atom is 0.326 e. The second-order valence-corrected chi connectivity index (χ2v) is 6.18. The number of nitrogens with one attached hydrogen (secondary N) is 1. The molecule has 1 aromatic heterocycles. The predicted octanol–water partition coefficient (Wildman–Crippen LogP) is 3.18. The van der Waals surface area contributed by atoms with Crippen molar-refractivity contribution in [2.75, 3.05) is 0 Å². The van der Waals surface area contributed by atoms with Gasteiger partial charge in [0.1, 0.15) is 6.04 Å². The number of non-ortho nitro benzene ring substituents is 1. The molecule has 2 N–H and O–H groups in total. The number of carboxylic acids is 1. The van der Waals surface area contributed by atoms with E-state index < -0.39 is 22.8 Å². The molecule has 23 heavy (non-hydrogen) atoms. The minimum Gasteiger partial charge on any atom is -0.480 e. The van der Waals surface area contributed by atoms with Crippen molar-refractivity contribution < 1.29 is 19.6 Å². The lowest BCUT2D eigenvalue weighted by Gasteiger charge is -2.13. The molecule has 0 radical (unpaired) electrons. The van der Waals surface area contributed by atoms with Crippen LogP contribution < -0.4 is 5.32 Å². The number of aliphatic carboxylic acids is 1. The number of carbonyl (C=O) groups excluding carboxylic acids is 1. The molecular weight excluding hydrogens is 320 g/mol. The molecule has 0 spiro atoms. The van der Waals surface area contributed by atoms with E-state index in [4.69, 9.17) is 5.11 Å². The van der Waals surface area contributed by atoms with E-state index in [2.05, 4.69) is 5.32 Å². The van der Waals surface area contributed by atoms with Gasteiger partial charge in [0.15, 0.2) is 0 Å². The Bertz CT molecular complexity index is 755. The van der Waals surface area contributed by atoms with Gasteiger partial charge in [0.25, 0.3) is 11.6 Å². The maximum absolute atomic E-state index is 12.2. The van der Waals surface area contributed by atoms with Crippen LogP contribution in [0.25, 0.3) is 10.1 Å². The van der Waals surface area contributed by atoms with Crippen LogP contribution in [0.4, 0.5) is 5.69 Å². The van der Waals surface area contributed by atoms with Crippen molar-refractivity contribution in [1.82, 2.24) is 5.32 Å². The summed E-state index contributed by atoms with van der Waals surface area (Å²) in [6.07, 6.45) is 1.91. The van der Waals surface area contributed by atoms with Gasteiger partial charge in [-0.2, -0.15) is 0 Å². The normalized spacial score (nSPS) is 12.0. The van der Waals surface area contributed by atoms with Gasteiger partial charge in [0, 0.05) is 22.2 Å². The number of hydrogen-bond acceptors (Lipinski definition) is 5. The molecule has 8 heteroatoms. The fraction of sp³-hybridized carbons (Fsp3) is 0.333. The highest BCUT2D eigenvalue weighted by atomic mass is 32.1. The second kappa shape index (κ2) is 7.19. The molecule has 1 aromatic carbocycles. The number of thiophene rings is 1. The Labute approximate surface area is 136 Å². The summed E-state index contributed by atoms with van der Waals surface area (Å²) in [5.74, 6) is -1.54. The van der Waals surface area contributed by atoms with Crippen LogP contribution in [0.3, 0.4) is 0 Å². The Morgan fingerprint density at radius 2 is 2.13 bits per heavy atom. The van der Waals surface area contributed by atoms with Gasteiger partial charge >= 0.3 is 5.97 Å². The van der Waals surface area contributed by atoms with E-state index in [0.29, 0.717) is 23.1 Å². The summed E-state index contributed by atoms with van der Waals surface area (Å²) >= 11 is 1.18. The molecule has 0 aliphatic rings. The molecule has 2 rings (SSSR count). The first kappa shape index (κ1) is 16.9. The monoisotopic (exact) mass is 336 g/mol. The summed E-state index contributed by atoms with van der Waals surface area (Å²) in [4.78, 5) is 34.0. The molecule has 1 heterocycles. The van der Waals surface area contributed by atoms with Gasteiger partial charge in [-0.3, -0.25) is 14.9 Å². The number of rotatable bonds is 7. The topological polar surface area (TPSA) is 110 Å². The number of nitro benzene ring substituents is 1. The van der Waals surface area contributed by atoms with E-state index in [-0.39, 0.29) is 5.69 Å². The van der Waals surface area contributed by atoms with Crippen LogP contribution in [-0.4, -0.2) is 27.9 Å². The van der Waals surface area contributed by atoms with Crippen molar-refractivity contribution >= 4 is 39.0 Å². The number of nitrogens with zero attached hydrogens (tertiary/aromatic N) is 1. The first-order chi connectivity index (χ1) is 10.9. The van der Waals surface area contributed by atoms with E-state index >= 15 is 0 Å². The van der Waals surface area contributed by atoms with Crippen molar-refractivity contribution in [2.24, 2.45) is 0 Å². The highest BCUT2D eigenvalue weighted by Gasteiger charge is 2.21. The number of carboxylic acid groups (broad SMARTS) is 1. The van der Waals surface area contributed by atoms with Crippen LogP contribution in [0.1, 0.15) is 35.9 Å². The molecule has 7 nitrogen and oxygen atoms in total.